The molecule has 0 aliphatic rings. The highest BCUT2D eigenvalue weighted by Gasteiger charge is 2.58. The summed E-state index contributed by atoms with van der Waals surface area (Å²) in [6, 6.07) is 1.98. The van der Waals surface area contributed by atoms with Crippen LogP contribution in [0.3, 0.4) is 0 Å². The maximum absolute atomic E-state index is 13.5. The predicted octanol–water partition coefficient (Wildman–Crippen LogP) is 6.99. The Morgan fingerprint density at radius 2 is 1.43 bits per heavy atom. The molecule has 216 valence electrons. The van der Waals surface area contributed by atoms with Gasteiger partial charge in [-0.15, -0.1) is 4.67 Å². The van der Waals surface area contributed by atoms with E-state index in [1.165, 1.54) is 0 Å². The zero-order valence-corrected chi connectivity index (χ0v) is 25.8. The number of nitrogens with zero attached hydrogens (tertiary/aromatic N) is 2. The standard InChI is InChI=1S/C28H53ClN2O5P/c1-7-9-11-13-15-18-25(33)27(28(35,22-32)26(34)19-16-14-12-10-8-2)36-37(29,21-17-20-30)31(23(3)4)24(5)6/h23-24,27,32,35H,7-19,21-22H2,1-6H3/q+1. The molecule has 0 heterocycles. The van der Waals surface area contributed by atoms with Gasteiger partial charge in [0.25, 0.3) is 0 Å². The fourth-order valence-corrected chi connectivity index (χ4v) is 9.08. The van der Waals surface area contributed by atoms with E-state index in [-0.39, 0.29) is 37.5 Å². The van der Waals surface area contributed by atoms with E-state index in [1.807, 2.05) is 32.4 Å². The second-order valence-electron chi connectivity index (χ2n) is 10.6. The Morgan fingerprint density at radius 1 is 0.946 bits per heavy atom. The Morgan fingerprint density at radius 3 is 1.86 bits per heavy atom. The minimum absolute atomic E-state index is 0.0500. The third kappa shape index (κ3) is 12.4. The van der Waals surface area contributed by atoms with Crippen LogP contribution < -0.4 is 0 Å². The number of rotatable bonds is 23. The molecular formula is C28H53ClN2O5P+. The number of halogens is 1. The molecule has 0 aromatic carbocycles. The van der Waals surface area contributed by atoms with Gasteiger partial charge in [0.05, 0.1) is 19.1 Å². The van der Waals surface area contributed by atoms with E-state index < -0.39 is 36.9 Å². The van der Waals surface area contributed by atoms with Crippen LogP contribution in [0.1, 0.15) is 125 Å². The lowest BCUT2D eigenvalue weighted by atomic mass is 9.85. The molecule has 0 aromatic rings. The molecule has 37 heavy (non-hydrogen) atoms. The van der Waals surface area contributed by atoms with Crippen molar-refractivity contribution in [3.63, 3.8) is 0 Å². The molecule has 0 fully saturated rings. The fraction of sp³-hybridized carbons (Fsp3) is 0.893. The molecule has 9 heteroatoms. The fourth-order valence-electron chi connectivity index (χ4n) is 4.73. The highest BCUT2D eigenvalue weighted by molar-refractivity contribution is 7.93. The number of aliphatic hydroxyl groups is 2. The maximum Gasteiger partial charge on any atom is 0.317 e. The molecule has 0 saturated carbocycles. The molecule has 0 aliphatic carbocycles. The summed E-state index contributed by atoms with van der Waals surface area (Å²) in [6.07, 6.45) is 8.02. The number of hydrogen-bond acceptors (Lipinski definition) is 7. The molecule has 0 spiro atoms. The Kier molecular flexibility index (Phi) is 19.1. The van der Waals surface area contributed by atoms with Gasteiger partial charge in [0, 0.05) is 24.9 Å². The molecule has 0 bridgehead atoms. The number of carbonyl (C=O) groups is 2. The van der Waals surface area contributed by atoms with Crippen LogP contribution >= 0.6 is 18.2 Å². The van der Waals surface area contributed by atoms with Gasteiger partial charge in [-0.1, -0.05) is 65.2 Å². The van der Waals surface area contributed by atoms with Gasteiger partial charge in [0.15, 0.2) is 17.2 Å². The van der Waals surface area contributed by atoms with Crippen LogP contribution in [-0.4, -0.2) is 63.0 Å². The Bertz CT molecular complexity index is 695. The lowest BCUT2D eigenvalue weighted by Crippen LogP contribution is -2.57. The second-order valence-corrected chi connectivity index (χ2v) is 14.5. The maximum atomic E-state index is 13.5. The smallest absolute Gasteiger partial charge is 0.317 e. The Balaban J connectivity index is 6.16. The van der Waals surface area contributed by atoms with Gasteiger partial charge >= 0.3 is 6.99 Å². The zero-order chi connectivity index (χ0) is 28.5. The van der Waals surface area contributed by atoms with Gasteiger partial charge in [0.2, 0.25) is 6.10 Å². The average Bonchev–Trinajstić information content (AvgIpc) is 2.84. The molecule has 0 aromatic heterocycles. The van der Waals surface area contributed by atoms with E-state index in [9.17, 15) is 25.1 Å². The molecule has 0 aliphatic heterocycles. The minimum Gasteiger partial charge on any atom is -0.393 e. The van der Waals surface area contributed by atoms with Crippen molar-refractivity contribution in [2.24, 2.45) is 0 Å². The number of aliphatic hydroxyl groups excluding tert-OH is 1. The number of hydrogen-bond donors (Lipinski definition) is 2. The summed E-state index contributed by atoms with van der Waals surface area (Å²) < 4.78 is 8.30. The van der Waals surface area contributed by atoms with Gasteiger partial charge in [0.1, 0.15) is 17.4 Å². The number of nitriles is 1. The van der Waals surface area contributed by atoms with E-state index in [0.717, 1.165) is 51.4 Å². The molecule has 3 atom stereocenters. The van der Waals surface area contributed by atoms with Crippen LogP contribution in [0.5, 0.6) is 0 Å². The first-order chi connectivity index (χ1) is 17.4. The molecule has 7 nitrogen and oxygen atoms in total. The summed E-state index contributed by atoms with van der Waals surface area (Å²) in [5.41, 5.74) is -2.38. The Labute approximate surface area is 231 Å². The van der Waals surface area contributed by atoms with Crippen LogP contribution in [-0.2, 0) is 14.1 Å². The van der Waals surface area contributed by atoms with Crippen LogP contribution in [0.2, 0.25) is 0 Å². The summed E-state index contributed by atoms with van der Waals surface area (Å²) in [4.78, 5) is 26.8. The molecule has 2 N–H and O–H groups in total. The van der Waals surface area contributed by atoms with Gasteiger partial charge in [-0.25, -0.2) is 0 Å². The summed E-state index contributed by atoms with van der Waals surface area (Å²) in [5.74, 6) is -1.03. The average molecular weight is 564 g/mol. The van der Waals surface area contributed by atoms with Crippen LogP contribution in [0.25, 0.3) is 0 Å². The Hall–Kier alpha value is -0.610. The van der Waals surface area contributed by atoms with Crippen molar-refractivity contribution >= 4 is 29.8 Å². The first-order valence-electron chi connectivity index (χ1n) is 14.3. The lowest BCUT2D eigenvalue weighted by molar-refractivity contribution is -0.162. The number of unbranched alkanes of at least 4 members (excludes halogenated alkanes) is 8. The first kappa shape index (κ1) is 36.4. The van der Waals surface area contributed by atoms with Gasteiger partial charge < -0.3 is 10.2 Å². The van der Waals surface area contributed by atoms with Gasteiger partial charge in [-0.3, -0.25) is 9.59 Å². The topological polar surface area (TPSA) is 111 Å². The van der Waals surface area contributed by atoms with Crippen molar-refractivity contribution in [1.29, 1.82) is 5.26 Å². The molecule has 3 unspecified atom stereocenters. The summed E-state index contributed by atoms with van der Waals surface area (Å²) in [7, 11) is 0. The summed E-state index contributed by atoms with van der Waals surface area (Å²) in [6.45, 7) is 8.00. The van der Waals surface area contributed by atoms with Crippen molar-refractivity contribution < 1.29 is 24.3 Å². The molecule has 0 rings (SSSR count). The quantitative estimate of drug-likeness (QED) is 0.102. The third-order valence-electron chi connectivity index (χ3n) is 6.65. The highest BCUT2D eigenvalue weighted by atomic mass is 35.7. The molecule has 0 radical (unpaired) electrons. The number of ketones is 2. The normalized spacial score (nSPS) is 16.0. The minimum atomic E-state index is -3.12. The lowest BCUT2D eigenvalue weighted by Gasteiger charge is -2.39. The van der Waals surface area contributed by atoms with Crippen molar-refractivity contribution in [1.82, 2.24) is 4.67 Å². The van der Waals surface area contributed by atoms with Gasteiger partial charge in [-0.05, 0) is 40.5 Å². The van der Waals surface area contributed by atoms with Gasteiger partial charge in [-0.2, -0.15) is 9.79 Å². The van der Waals surface area contributed by atoms with Crippen LogP contribution in [0.4, 0.5) is 0 Å². The predicted molar refractivity (Wildman–Crippen MR) is 154 cm³/mol. The summed E-state index contributed by atoms with van der Waals surface area (Å²) in [5, 5.41) is 31.1. The van der Waals surface area contributed by atoms with Crippen molar-refractivity contribution in [2.75, 3.05) is 12.8 Å². The van der Waals surface area contributed by atoms with Crippen LogP contribution in [0.15, 0.2) is 0 Å². The third-order valence-corrected chi connectivity index (χ3v) is 10.8. The van der Waals surface area contributed by atoms with Crippen molar-refractivity contribution in [3.05, 3.63) is 0 Å². The SMILES string of the molecule is CCCCCCCC(=O)C(O[P+](Cl)(CCC#N)N(C(C)C)C(C)C)C(O)(CO)C(=O)CCCCCCC. The number of carbonyl (C=O) groups excluding carboxylic acids is 2. The molecular weight excluding hydrogens is 511 g/mol. The molecule has 0 saturated heterocycles. The zero-order valence-electron chi connectivity index (χ0n) is 24.2. The van der Waals surface area contributed by atoms with E-state index in [1.54, 1.807) is 0 Å². The van der Waals surface area contributed by atoms with Crippen molar-refractivity contribution in [3.8, 4) is 6.07 Å². The van der Waals surface area contributed by atoms with E-state index >= 15 is 0 Å². The monoisotopic (exact) mass is 563 g/mol. The van der Waals surface area contributed by atoms with E-state index in [2.05, 4.69) is 19.9 Å². The van der Waals surface area contributed by atoms with Crippen molar-refractivity contribution in [2.45, 2.75) is 149 Å². The largest absolute Gasteiger partial charge is 0.393 e. The highest BCUT2D eigenvalue weighted by Crippen LogP contribution is 2.71. The van der Waals surface area contributed by atoms with Crippen LogP contribution in [0, 0.1) is 11.3 Å². The summed E-state index contributed by atoms with van der Waals surface area (Å²) >= 11 is 7.15. The van der Waals surface area contributed by atoms with E-state index in [0.29, 0.717) is 12.8 Å². The first-order valence-corrected chi connectivity index (χ1v) is 17.0. The molecule has 0 amide bonds. The second kappa shape index (κ2) is 19.4. The van der Waals surface area contributed by atoms with E-state index in [4.69, 9.17) is 15.8 Å². The number of Topliss-reactive ketones (excluding diaryl/α,β-unsaturated/α-hetero) is 2.